The van der Waals surface area contributed by atoms with Crippen LogP contribution in [0.1, 0.15) is 46.3 Å². The first-order chi connectivity index (χ1) is 13.0. The molecule has 0 aliphatic carbocycles. The average Bonchev–Trinajstić information content (AvgIpc) is 2.63. The number of likely N-dealkylation sites (tertiary alicyclic amines) is 1. The fourth-order valence-electron chi connectivity index (χ4n) is 4.13. The molecule has 0 saturated carbocycles. The predicted molar refractivity (Wildman–Crippen MR) is 99.4 cm³/mol. The monoisotopic (exact) mass is 369 g/mol. The molecule has 2 aliphatic rings. The van der Waals surface area contributed by atoms with Gasteiger partial charge in [-0.1, -0.05) is 30.3 Å². The molecule has 0 radical (unpaired) electrons. The molecule has 6 heteroatoms. The van der Waals surface area contributed by atoms with E-state index in [0.29, 0.717) is 18.5 Å². The summed E-state index contributed by atoms with van der Waals surface area (Å²) < 4.78 is 6.14. The Morgan fingerprint density at radius 2 is 1.89 bits per heavy atom. The second-order valence-electron chi connectivity index (χ2n) is 7.40. The van der Waals surface area contributed by atoms with Crippen LogP contribution in [-0.2, 0) is 0 Å². The summed E-state index contributed by atoms with van der Waals surface area (Å²) >= 11 is 0. The van der Waals surface area contributed by atoms with Gasteiger partial charge in [0.05, 0.1) is 12.5 Å². The lowest BCUT2D eigenvalue weighted by Gasteiger charge is -2.36. The summed E-state index contributed by atoms with van der Waals surface area (Å²) in [7, 11) is 1.93. The van der Waals surface area contributed by atoms with Gasteiger partial charge in [0, 0.05) is 24.1 Å². The zero-order valence-electron chi connectivity index (χ0n) is 15.1. The molecule has 4 rings (SSSR count). The molecule has 1 unspecified atom stereocenters. The van der Waals surface area contributed by atoms with Crippen molar-refractivity contribution >= 4 is 5.78 Å². The van der Waals surface area contributed by atoms with Gasteiger partial charge in [0.2, 0.25) is 0 Å². The maximum atomic E-state index is 12.8. The second kappa shape index (κ2) is 6.87. The van der Waals surface area contributed by atoms with Crippen molar-refractivity contribution in [3.05, 3.63) is 53.1 Å². The number of carbonyl (C=O) groups excluding carboxylic acids is 1. The Morgan fingerprint density at radius 1 is 1.15 bits per heavy atom. The molecular weight excluding hydrogens is 346 g/mol. The molecule has 27 heavy (non-hydrogen) atoms. The van der Waals surface area contributed by atoms with Crippen molar-refractivity contribution in [3.63, 3.8) is 0 Å². The number of aliphatic hydroxyl groups is 1. The number of phenolic OH excluding ortho intramolecular Hbond substituents is 2. The summed E-state index contributed by atoms with van der Waals surface area (Å²) in [5, 5.41) is 31.4. The summed E-state index contributed by atoms with van der Waals surface area (Å²) in [6.45, 7) is 1.22. The van der Waals surface area contributed by atoms with Crippen molar-refractivity contribution in [2.24, 2.45) is 0 Å². The van der Waals surface area contributed by atoms with Gasteiger partial charge in [-0.15, -0.1) is 0 Å². The second-order valence-corrected chi connectivity index (χ2v) is 7.40. The Morgan fingerprint density at radius 3 is 2.59 bits per heavy atom. The molecule has 3 atom stereocenters. The molecule has 0 aromatic heterocycles. The number of aromatic hydroxyl groups is 2. The van der Waals surface area contributed by atoms with Gasteiger partial charge in [0.15, 0.2) is 5.78 Å². The van der Waals surface area contributed by atoms with Crippen LogP contribution >= 0.6 is 0 Å². The zero-order chi connectivity index (χ0) is 19.1. The number of ether oxygens (including phenoxy) is 1. The van der Waals surface area contributed by atoms with E-state index in [1.807, 2.05) is 42.3 Å². The number of rotatable bonds is 2. The predicted octanol–water partition coefficient (Wildman–Crippen LogP) is 2.58. The number of aliphatic hydroxyl groups excluding tert-OH is 1. The smallest absolute Gasteiger partial charge is 0.174 e. The van der Waals surface area contributed by atoms with Crippen LogP contribution in [0, 0.1) is 0 Å². The van der Waals surface area contributed by atoms with Gasteiger partial charge in [-0.25, -0.2) is 0 Å². The highest BCUT2D eigenvalue weighted by atomic mass is 16.5. The summed E-state index contributed by atoms with van der Waals surface area (Å²) in [6.07, 6.45) is -0.450. The molecule has 0 amide bonds. The third-order valence-electron chi connectivity index (χ3n) is 5.51. The van der Waals surface area contributed by atoms with Gasteiger partial charge in [-0.05, 0) is 25.6 Å². The molecule has 1 saturated heterocycles. The molecule has 3 N–H and O–H groups in total. The van der Waals surface area contributed by atoms with E-state index in [1.165, 1.54) is 6.07 Å². The number of phenols is 2. The fraction of sp³-hybridized carbons (Fsp3) is 0.381. The highest BCUT2D eigenvalue weighted by molar-refractivity contribution is 6.03. The van der Waals surface area contributed by atoms with Crippen LogP contribution in [0.25, 0.3) is 0 Å². The van der Waals surface area contributed by atoms with Crippen LogP contribution in [0.2, 0.25) is 0 Å². The summed E-state index contributed by atoms with van der Waals surface area (Å²) in [6, 6.07) is 10.6. The minimum Gasteiger partial charge on any atom is -0.507 e. The highest BCUT2D eigenvalue weighted by Gasteiger charge is 2.38. The molecular formula is C21H23NO5. The third kappa shape index (κ3) is 3.15. The molecule has 0 spiro atoms. The average molecular weight is 369 g/mol. The lowest BCUT2D eigenvalue weighted by atomic mass is 9.83. The molecule has 1 fully saturated rings. The zero-order valence-corrected chi connectivity index (χ0v) is 15.1. The Balaban J connectivity index is 1.81. The number of Topliss-reactive ketones (excluding diaryl/α,β-unsaturated/α-hetero) is 1. The van der Waals surface area contributed by atoms with Crippen LogP contribution in [0.5, 0.6) is 17.2 Å². The minimum absolute atomic E-state index is 0.0982. The van der Waals surface area contributed by atoms with Gasteiger partial charge in [-0.2, -0.15) is 0 Å². The number of nitrogens with zero attached hydrogens (tertiary/aromatic N) is 1. The van der Waals surface area contributed by atoms with Crippen molar-refractivity contribution in [2.75, 3.05) is 20.1 Å². The summed E-state index contributed by atoms with van der Waals surface area (Å²) in [5.74, 6) is -0.832. The first-order valence-corrected chi connectivity index (χ1v) is 9.16. The molecule has 0 bridgehead atoms. The van der Waals surface area contributed by atoms with Gasteiger partial charge in [0.25, 0.3) is 0 Å². The largest absolute Gasteiger partial charge is 0.507 e. The number of fused-ring (bicyclic) bond motifs is 1. The van der Waals surface area contributed by atoms with Crippen molar-refractivity contribution in [1.29, 1.82) is 0 Å². The topological polar surface area (TPSA) is 90.2 Å². The van der Waals surface area contributed by atoms with E-state index in [9.17, 15) is 20.1 Å². The lowest BCUT2D eigenvalue weighted by molar-refractivity contribution is 0.0592. The molecule has 2 heterocycles. The van der Waals surface area contributed by atoms with E-state index >= 15 is 0 Å². The Hall–Kier alpha value is -2.57. The summed E-state index contributed by atoms with van der Waals surface area (Å²) in [5.41, 5.74) is 1.37. The first-order valence-electron chi connectivity index (χ1n) is 9.16. The molecule has 2 aromatic carbocycles. The number of piperidine rings is 1. The molecule has 2 aromatic rings. The number of ketones is 1. The Bertz CT molecular complexity index is 867. The van der Waals surface area contributed by atoms with E-state index in [4.69, 9.17) is 4.74 Å². The van der Waals surface area contributed by atoms with E-state index in [2.05, 4.69) is 0 Å². The standard InChI is InChI=1S/C21H23NO5/c1-22-8-7-13(17(26)11-22)19-14(23)9-15(24)20-16(25)10-18(27-21(19)20)12-5-3-2-4-6-12/h2-6,9,13,17-18,23-24,26H,7-8,10-11H2,1H3/t13-,17+,18?/m1/s1. The van der Waals surface area contributed by atoms with E-state index in [-0.39, 0.29) is 40.9 Å². The van der Waals surface area contributed by atoms with Gasteiger partial charge in [-0.3, -0.25) is 4.79 Å². The van der Waals surface area contributed by atoms with E-state index in [0.717, 1.165) is 12.1 Å². The highest BCUT2D eigenvalue weighted by Crippen LogP contribution is 2.49. The van der Waals surface area contributed by atoms with Gasteiger partial charge < -0.3 is 25.0 Å². The fourth-order valence-corrected chi connectivity index (χ4v) is 4.13. The SMILES string of the molecule is CN1CC[C@@H](c2c(O)cc(O)c3c2OC(c2ccccc2)CC3=O)[C@@H](O)C1. The number of hydrogen-bond acceptors (Lipinski definition) is 6. The number of β-amino-alcohol motifs (C(OH)–C–C–N with tert-alkyl or cyclic N) is 1. The normalized spacial score (nSPS) is 25.7. The van der Waals surface area contributed by atoms with Gasteiger partial charge in [0.1, 0.15) is 28.9 Å². The van der Waals surface area contributed by atoms with Crippen LogP contribution in [0.4, 0.5) is 0 Å². The number of carbonyl (C=O) groups is 1. The van der Waals surface area contributed by atoms with Crippen LogP contribution in [-0.4, -0.2) is 52.2 Å². The van der Waals surface area contributed by atoms with Crippen molar-refractivity contribution < 1.29 is 24.9 Å². The van der Waals surface area contributed by atoms with Crippen LogP contribution in [0.3, 0.4) is 0 Å². The molecule has 6 nitrogen and oxygen atoms in total. The maximum absolute atomic E-state index is 12.8. The minimum atomic E-state index is -0.695. The lowest BCUT2D eigenvalue weighted by Crippen LogP contribution is -2.40. The number of hydrogen-bond donors (Lipinski definition) is 3. The molecule has 2 aliphatic heterocycles. The van der Waals surface area contributed by atoms with Crippen LogP contribution in [0.15, 0.2) is 36.4 Å². The van der Waals surface area contributed by atoms with Crippen molar-refractivity contribution in [3.8, 4) is 17.2 Å². The van der Waals surface area contributed by atoms with Crippen molar-refractivity contribution in [2.45, 2.75) is 31.0 Å². The molecule has 142 valence electrons. The van der Waals surface area contributed by atoms with Crippen LogP contribution < -0.4 is 4.74 Å². The quantitative estimate of drug-likeness (QED) is 0.754. The first kappa shape index (κ1) is 17.8. The van der Waals surface area contributed by atoms with E-state index in [1.54, 1.807) is 0 Å². The Labute approximate surface area is 157 Å². The number of likely N-dealkylation sites (N-methyl/N-ethyl adjacent to an activating group) is 1. The van der Waals surface area contributed by atoms with Gasteiger partial charge >= 0.3 is 0 Å². The number of benzene rings is 2. The Kier molecular flexibility index (Phi) is 4.53. The maximum Gasteiger partial charge on any atom is 0.174 e. The summed E-state index contributed by atoms with van der Waals surface area (Å²) in [4.78, 5) is 14.8. The van der Waals surface area contributed by atoms with Crippen molar-refractivity contribution in [1.82, 2.24) is 4.90 Å². The third-order valence-corrected chi connectivity index (χ3v) is 5.51. The van der Waals surface area contributed by atoms with E-state index < -0.39 is 12.2 Å².